The van der Waals surface area contributed by atoms with E-state index in [2.05, 4.69) is 29.4 Å². The van der Waals surface area contributed by atoms with E-state index in [-0.39, 0.29) is 17.5 Å². The largest absolute Gasteiger partial charge is 0.478 e. The molecule has 0 spiro atoms. The van der Waals surface area contributed by atoms with Crippen LogP contribution >= 0.6 is 0 Å². The van der Waals surface area contributed by atoms with Gasteiger partial charge in [0.05, 0.1) is 24.2 Å². The Labute approximate surface area is 169 Å². The van der Waals surface area contributed by atoms with E-state index in [9.17, 15) is 9.59 Å². The summed E-state index contributed by atoms with van der Waals surface area (Å²) >= 11 is 0. The summed E-state index contributed by atoms with van der Waals surface area (Å²) in [7, 11) is 0. The molecule has 1 N–H and O–H groups in total. The number of carboxylic acid groups (broad SMARTS) is 1. The van der Waals surface area contributed by atoms with Gasteiger partial charge in [0.1, 0.15) is 0 Å². The van der Waals surface area contributed by atoms with Crippen LogP contribution < -0.4 is 0 Å². The zero-order valence-corrected chi connectivity index (χ0v) is 16.1. The zero-order valence-electron chi connectivity index (χ0n) is 16.1. The van der Waals surface area contributed by atoms with E-state index in [4.69, 9.17) is 5.11 Å². The number of rotatable bonds is 5. The van der Waals surface area contributed by atoms with Crippen LogP contribution in [0, 0.1) is 0 Å². The highest BCUT2D eigenvalue weighted by Gasteiger charge is 2.24. The quantitative estimate of drug-likeness (QED) is 0.723. The average molecular weight is 389 g/mol. The van der Waals surface area contributed by atoms with Crippen LogP contribution in [0.5, 0.6) is 0 Å². The first-order valence-corrected chi connectivity index (χ1v) is 9.80. The maximum Gasteiger partial charge on any atom is 0.338 e. The van der Waals surface area contributed by atoms with Crippen molar-refractivity contribution in [3.05, 3.63) is 78.1 Å². The maximum absolute atomic E-state index is 12.7. The molecule has 1 amide bonds. The highest BCUT2D eigenvalue weighted by Crippen LogP contribution is 2.23. The Hall–Kier alpha value is -3.41. The van der Waals surface area contributed by atoms with Gasteiger partial charge in [-0.25, -0.2) is 4.79 Å². The first kappa shape index (κ1) is 18.9. The van der Waals surface area contributed by atoms with Gasteiger partial charge < -0.3 is 10.0 Å². The number of aromatic nitrogens is 2. The van der Waals surface area contributed by atoms with Gasteiger partial charge in [0, 0.05) is 19.3 Å². The topological polar surface area (TPSA) is 75.4 Å². The van der Waals surface area contributed by atoms with Crippen molar-refractivity contribution >= 4 is 11.9 Å². The van der Waals surface area contributed by atoms with Crippen LogP contribution in [0.25, 0.3) is 11.1 Å². The number of carbonyl (C=O) groups is 2. The molecule has 0 bridgehead atoms. The molecule has 2 heterocycles. The monoisotopic (exact) mass is 389 g/mol. The number of aromatic carboxylic acids is 1. The Bertz CT molecular complexity index is 988. The van der Waals surface area contributed by atoms with Crippen LogP contribution in [0.2, 0.25) is 0 Å². The number of piperidine rings is 1. The van der Waals surface area contributed by atoms with Crippen LogP contribution in [0.3, 0.4) is 0 Å². The van der Waals surface area contributed by atoms with E-state index in [1.807, 2.05) is 35.2 Å². The lowest BCUT2D eigenvalue weighted by Crippen LogP contribution is -2.40. The minimum atomic E-state index is -0.970. The molecule has 1 aromatic heterocycles. The molecule has 6 heteroatoms. The summed E-state index contributed by atoms with van der Waals surface area (Å²) < 4.78 is 1.72. The second-order valence-electron chi connectivity index (χ2n) is 7.37. The lowest BCUT2D eigenvalue weighted by Gasteiger charge is -2.32. The standard InChI is InChI=1S/C23H23N3O3/c27-22(14-17-6-8-19(9-7-17)18-4-2-1-3-5-18)25-12-10-21(11-13-25)26-16-20(15-24-26)23(28)29/h1-9,15-16,21H,10-14H2,(H,28,29). The summed E-state index contributed by atoms with van der Waals surface area (Å²) in [5.74, 6) is -0.843. The van der Waals surface area contributed by atoms with Gasteiger partial charge in [0.15, 0.2) is 0 Å². The molecule has 2 aromatic carbocycles. The molecular formula is C23H23N3O3. The third-order valence-electron chi connectivity index (χ3n) is 5.46. The van der Waals surface area contributed by atoms with E-state index in [0.29, 0.717) is 19.5 Å². The lowest BCUT2D eigenvalue weighted by atomic mass is 10.0. The highest BCUT2D eigenvalue weighted by molar-refractivity contribution is 5.86. The van der Waals surface area contributed by atoms with E-state index in [1.54, 1.807) is 10.9 Å². The highest BCUT2D eigenvalue weighted by atomic mass is 16.4. The van der Waals surface area contributed by atoms with E-state index < -0.39 is 5.97 Å². The number of carbonyl (C=O) groups excluding carboxylic acids is 1. The summed E-state index contributed by atoms with van der Waals surface area (Å²) in [5.41, 5.74) is 3.51. The predicted octanol–water partition coefficient (Wildman–Crippen LogP) is 3.65. The molecule has 0 saturated carbocycles. The second kappa shape index (κ2) is 8.31. The molecule has 0 radical (unpaired) electrons. The average Bonchev–Trinajstić information content (AvgIpc) is 3.26. The molecule has 0 aliphatic carbocycles. The predicted molar refractivity (Wildman–Crippen MR) is 110 cm³/mol. The molecule has 0 unspecified atom stereocenters. The van der Waals surface area contributed by atoms with Crippen molar-refractivity contribution in [3.8, 4) is 11.1 Å². The summed E-state index contributed by atoms with van der Waals surface area (Å²) in [6.07, 6.45) is 4.89. The van der Waals surface area contributed by atoms with Crippen molar-refractivity contribution in [1.82, 2.24) is 14.7 Å². The van der Waals surface area contributed by atoms with Gasteiger partial charge in [0.2, 0.25) is 5.91 Å². The molecular weight excluding hydrogens is 366 g/mol. The first-order valence-electron chi connectivity index (χ1n) is 9.80. The lowest BCUT2D eigenvalue weighted by molar-refractivity contribution is -0.131. The maximum atomic E-state index is 12.7. The fourth-order valence-corrected chi connectivity index (χ4v) is 3.76. The van der Waals surface area contributed by atoms with Crippen molar-refractivity contribution < 1.29 is 14.7 Å². The Morgan fingerprint density at radius 1 is 0.966 bits per heavy atom. The van der Waals surface area contributed by atoms with E-state index in [0.717, 1.165) is 29.5 Å². The number of benzene rings is 2. The minimum absolute atomic E-state index is 0.127. The molecule has 1 aliphatic rings. The fourth-order valence-electron chi connectivity index (χ4n) is 3.76. The molecule has 1 fully saturated rings. The Balaban J connectivity index is 1.32. The van der Waals surface area contributed by atoms with E-state index in [1.165, 1.54) is 6.20 Å². The van der Waals surface area contributed by atoms with Gasteiger partial charge in [-0.2, -0.15) is 5.10 Å². The normalized spacial score (nSPS) is 14.7. The SMILES string of the molecule is O=C(O)c1cnn(C2CCN(C(=O)Cc3ccc(-c4ccccc4)cc3)CC2)c1. The van der Waals surface area contributed by atoms with Crippen molar-refractivity contribution in [3.63, 3.8) is 0 Å². The number of nitrogens with zero attached hydrogens (tertiary/aromatic N) is 3. The Kier molecular flexibility index (Phi) is 5.42. The smallest absolute Gasteiger partial charge is 0.338 e. The van der Waals surface area contributed by atoms with Crippen molar-refractivity contribution in [2.75, 3.05) is 13.1 Å². The van der Waals surface area contributed by atoms with Gasteiger partial charge in [-0.15, -0.1) is 0 Å². The van der Waals surface area contributed by atoms with Crippen molar-refractivity contribution in [2.45, 2.75) is 25.3 Å². The van der Waals surface area contributed by atoms with Crippen LogP contribution in [-0.4, -0.2) is 44.8 Å². The molecule has 29 heavy (non-hydrogen) atoms. The Morgan fingerprint density at radius 3 is 2.24 bits per heavy atom. The molecule has 148 valence electrons. The van der Waals surface area contributed by atoms with Gasteiger partial charge in [0.25, 0.3) is 0 Å². The molecule has 1 aliphatic heterocycles. The summed E-state index contributed by atoms with van der Waals surface area (Å²) in [4.78, 5) is 25.6. The zero-order chi connectivity index (χ0) is 20.2. The molecule has 1 saturated heterocycles. The summed E-state index contributed by atoms with van der Waals surface area (Å²) in [5, 5.41) is 13.2. The van der Waals surface area contributed by atoms with Gasteiger partial charge in [-0.3, -0.25) is 9.48 Å². The fraction of sp³-hybridized carbons (Fsp3) is 0.261. The molecule has 3 aromatic rings. The van der Waals surface area contributed by atoms with Crippen LogP contribution in [0.15, 0.2) is 67.0 Å². The number of hydrogen-bond acceptors (Lipinski definition) is 3. The van der Waals surface area contributed by atoms with Crippen LogP contribution in [0.4, 0.5) is 0 Å². The van der Waals surface area contributed by atoms with E-state index >= 15 is 0 Å². The van der Waals surface area contributed by atoms with Crippen molar-refractivity contribution in [2.24, 2.45) is 0 Å². The first-order chi connectivity index (χ1) is 14.1. The minimum Gasteiger partial charge on any atom is -0.478 e. The van der Waals surface area contributed by atoms with Crippen molar-refractivity contribution in [1.29, 1.82) is 0 Å². The number of likely N-dealkylation sites (tertiary alicyclic amines) is 1. The summed E-state index contributed by atoms with van der Waals surface area (Å²) in [6.45, 7) is 1.32. The van der Waals surface area contributed by atoms with Crippen LogP contribution in [-0.2, 0) is 11.2 Å². The van der Waals surface area contributed by atoms with Crippen LogP contribution in [0.1, 0.15) is 34.8 Å². The van der Waals surface area contributed by atoms with Gasteiger partial charge in [-0.1, -0.05) is 54.6 Å². The van der Waals surface area contributed by atoms with Gasteiger partial charge in [-0.05, 0) is 29.5 Å². The van der Waals surface area contributed by atoms with Gasteiger partial charge >= 0.3 is 5.97 Å². The molecule has 4 rings (SSSR count). The molecule has 0 atom stereocenters. The third-order valence-corrected chi connectivity index (χ3v) is 5.46. The number of hydrogen-bond donors (Lipinski definition) is 1. The second-order valence-corrected chi connectivity index (χ2v) is 7.37. The Morgan fingerprint density at radius 2 is 1.62 bits per heavy atom. The molecule has 6 nitrogen and oxygen atoms in total. The third kappa shape index (κ3) is 4.37. The summed E-state index contributed by atoms with van der Waals surface area (Å²) in [6, 6.07) is 18.5. The number of amides is 1. The number of carboxylic acids is 1.